The molecule has 0 bridgehead atoms. The molecule has 0 fully saturated rings. The monoisotopic (exact) mass is 335 g/mol. The molecule has 0 aliphatic rings. The van der Waals surface area contributed by atoms with Gasteiger partial charge in [-0.25, -0.2) is 4.98 Å². The molecule has 0 spiro atoms. The number of fused-ring (bicyclic) bond motifs is 1. The molecule has 1 atom stereocenters. The first kappa shape index (κ1) is 15.1. The van der Waals surface area contributed by atoms with Crippen molar-refractivity contribution in [1.82, 2.24) is 19.5 Å². The maximum Gasteiger partial charge on any atom is 0.275 e. The first-order valence-corrected chi connectivity index (χ1v) is 8.55. The summed E-state index contributed by atoms with van der Waals surface area (Å²) in [7, 11) is 4.11. The maximum atomic E-state index is 11.9. The van der Waals surface area contributed by atoms with Crippen molar-refractivity contribution >= 4 is 32.8 Å². The molecule has 3 aromatic rings. The normalized spacial score (nSPS) is 12.9. The van der Waals surface area contributed by atoms with Gasteiger partial charge in [0.05, 0.1) is 6.04 Å². The van der Waals surface area contributed by atoms with Crippen LogP contribution in [-0.4, -0.2) is 40.1 Å². The van der Waals surface area contributed by atoms with E-state index in [9.17, 15) is 4.79 Å². The van der Waals surface area contributed by atoms with Gasteiger partial charge in [-0.3, -0.25) is 4.79 Å². The summed E-state index contributed by atoms with van der Waals surface area (Å²) >= 11 is 3.13. The third-order valence-corrected chi connectivity index (χ3v) is 5.15. The van der Waals surface area contributed by atoms with Gasteiger partial charge in [0.1, 0.15) is 0 Å². The number of nitrogens with zero attached hydrogens (tertiary/aromatic N) is 4. The fraction of sp³-hybridized carbons (Fsp3) is 0.357. The molecule has 22 heavy (non-hydrogen) atoms. The number of rotatable bonds is 5. The number of hydrogen-bond acceptors (Lipinski definition) is 7. The molecular formula is C14H17N5OS2. The Morgan fingerprint density at radius 2 is 2.27 bits per heavy atom. The summed E-state index contributed by atoms with van der Waals surface area (Å²) in [5.74, 6) is 0. The van der Waals surface area contributed by atoms with Gasteiger partial charge in [-0.2, -0.15) is 4.52 Å². The minimum atomic E-state index is -0.144. The zero-order chi connectivity index (χ0) is 15.7. The van der Waals surface area contributed by atoms with Crippen LogP contribution in [0.5, 0.6) is 0 Å². The van der Waals surface area contributed by atoms with Crippen LogP contribution in [-0.2, 0) is 0 Å². The van der Waals surface area contributed by atoms with Crippen LogP contribution in [0.4, 0.5) is 5.13 Å². The summed E-state index contributed by atoms with van der Waals surface area (Å²) in [5, 5.41) is 10.4. The number of hydrogen-bond donors (Lipinski definition) is 1. The van der Waals surface area contributed by atoms with Crippen LogP contribution in [0, 0.1) is 6.92 Å². The van der Waals surface area contributed by atoms with E-state index in [1.54, 1.807) is 11.3 Å². The lowest BCUT2D eigenvalue weighted by Gasteiger charge is -2.23. The predicted molar refractivity (Wildman–Crippen MR) is 91.1 cm³/mol. The van der Waals surface area contributed by atoms with Crippen LogP contribution in [0.1, 0.15) is 16.6 Å². The van der Waals surface area contributed by atoms with Crippen molar-refractivity contribution in [3.63, 3.8) is 0 Å². The van der Waals surface area contributed by atoms with E-state index in [-0.39, 0.29) is 11.6 Å². The average molecular weight is 335 g/mol. The molecule has 0 saturated carbocycles. The van der Waals surface area contributed by atoms with Crippen molar-refractivity contribution in [2.24, 2.45) is 0 Å². The molecule has 6 nitrogen and oxygen atoms in total. The summed E-state index contributed by atoms with van der Waals surface area (Å²) < 4.78 is 1.34. The Morgan fingerprint density at radius 1 is 1.45 bits per heavy atom. The smallest absolute Gasteiger partial charge is 0.275 e. The lowest BCUT2D eigenvalue weighted by atomic mass is 10.2. The van der Waals surface area contributed by atoms with Gasteiger partial charge in [0.15, 0.2) is 0 Å². The van der Waals surface area contributed by atoms with E-state index < -0.39 is 0 Å². The van der Waals surface area contributed by atoms with Crippen LogP contribution < -0.4 is 10.9 Å². The maximum absolute atomic E-state index is 11.9. The molecule has 116 valence electrons. The Balaban J connectivity index is 1.81. The van der Waals surface area contributed by atoms with E-state index in [0.29, 0.717) is 15.8 Å². The Hall–Kier alpha value is -1.77. The number of nitrogens with one attached hydrogen (secondary N) is 1. The number of aryl methyl sites for hydroxylation is 1. The minimum Gasteiger partial charge on any atom is -0.358 e. The van der Waals surface area contributed by atoms with E-state index in [1.165, 1.54) is 26.8 Å². The van der Waals surface area contributed by atoms with E-state index in [2.05, 4.69) is 51.9 Å². The highest BCUT2D eigenvalue weighted by Crippen LogP contribution is 2.24. The molecule has 0 amide bonds. The second kappa shape index (κ2) is 6.15. The van der Waals surface area contributed by atoms with Gasteiger partial charge in [0.25, 0.3) is 5.56 Å². The first-order valence-electron chi connectivity index (χ1n) is 6.86. The molecule has 1 N–H and O–H groups in total. The largest absolute Gasteiger partial charge is 0.358 e. The van der Waals surface area contributed by atoms with Crippen molar-refractivity contribution in [1.29, 1.82) is 0 Å². The Morgan fingerprint density at radius 3 is 2.95 bits per heavy atom. The van der Waals surface area contributed by atoms with Crippen molar-refractivity contribution < 1.29 is 0 Å². The standard InChI is InChI=1S/C14H17N5OS2/c1-9-7-12(20)19-14(16-9)22-13(17-19)15-8-10(18(2)3)11-5-4-6-21-11/h4-7,10H,8H2,1-3H3,(H,15,17)/t10-/m1/s1. The Bertz CT molecular complexity index is 821. The van der Waals surface area contributed by atoms with Gasteiger partial charge in [-0.15, -0.1) is 16.4 Å². The predicted octanol–water partition coefficient (Wildman–Crippen LogP) is 2.24. The van der Waals surface area contributed by atoms with E-state index >= 15 is 0 Å². The lowest BCUT2D eigenvalue weighted by molar-refractivity contribution is 0.316. The van der Waals surface area contributed by atoms with Gasteiger partial charge in [-0.1, -0.05) is 17.4 Å². The molecule has 8 heteroatoms. The summed E-state index contributed by atoms with van der Waals surface area (Å²) in [6, 6.07) is 5.94. The lowest BCUT2D eigenvalue weighted by Crippen LogP contribution is -2.26. The number of anilines is 1. The van der Waals surface area contributed by atoms with Gasteiger partial charge in [-0.05, 0) is 32.5 Å². The van der Waals surface area contributed by atoms with E-state index in [0.717, 1.165) is 6.54 Å². The van der Waals surface area contributed by atoms with Crippen LogP contribution in [0.25, 0.3) is 4.96 Å². The van der Waals surface area contributed by atoms with Crippen molar-refractivity contribution in [3.8, 4) is 0 Å². The van der Waals surface area contributed by atoms with Crippen LogP contribution >= 0.6 is 22.7 Å². The fourth-order valence-electron chi connectivity index (χ4n) is 2.19. The third-order valence-electron chi connectivity index (χ3n) is 3.31. The molecule has 0 aliphatic carbocycles. The molecule has 0 radical (unpaired) electrons. The highest BCUT2D eigenvalue weighted by Gasteiger charge is 2.16. The SMILES string of the molecule is Cc1cc(=O)n2nc(NC[C@H](c3cccs3)N(C)C)sc2n1. The summed E-state index contributed by atoms with van der Waals surface area (Å²) in [6.45, 7) is 2.54. The average Bonchev–Trinajstić information content (AvgIpc) is 3.08. The zero-order valence-electron chi connectivity index (χ0n) is 12.6. The molecule has 0 unspecified atom stereocenters. The molecule has 3 heterocycles. The van der Waals surface area contributed by atoms with Crippen molar-refractivity contribution in [3.05, 3.63) is 44.5 Å². The molecule has 3 aromatic heterocycles. The topological polar surface area (TPSA) is 62.5 Å². The van der Waals surface area contributed by atoms with Gasteiger partial charge in [0.2, 0.25) is 10.1 Å². The molecular weight excluding hydrogens is 318 g/mol. The van der Waals surface area contributed by atoms with Crippen molar-refractivity contribution in [2.75, 3.05) is 26.0 Å². The molecule has 0 saturated heterocycles. The Labute approximate surface area is 136 Å². The summed E-state index contributed by atoms with van der Waals surface area (Å²) in [5.41, 5.74) is 0.569. The Kier molecular flexibility index (Phi) is 4.23. The number of aromatic nitrogens is 3. The highest BCUT2D eigenvalue weighted by atomic mass is 32.1. The quantitative estimate of drug-likeness (QED) is 0.775. The molecule has 3 rings (SSSR count). The minimum absolute atomic E-state index is 0.144. The number of thiophene rings is 1. The molecule has 0 aromatic carbocycles. The van der Waals surface area contributed by atoms with E-state index in [4.69, 9.17) is 0 Å². The first-order chi connectivity index (χ1) is 10.5. The second-order valence-corrected chi connectivity index (χ2v) is 7.15. The van der Waals surface area contributed by atoms with Gasteiger partial charge in [0, 0.05) is 23.2 Å². The zero-order valence-corrected chi connectivity index (χ0v) is 14.2. The van der Waals surface area contributed by atoms with E-state index in [1.807, 2.05) is 6.92 Å². The molecule has 0 aliphatic heterocycles. The van der Waals surface area contributed by atoms with Gasteiger partial charge < -0.3 is 10.2 Å². The fourth-order valence-corrected chi connectivity index (χ4v) is 3.97. The van der Waals surface area contributed by atoms with Gasteiger partial charge >= 0.3 is 0 Å². The summed E-state index contributed by atoms with van der Waals surface area (Å²) in [4.78, 5) is 20.3. The highest BCUT2D eigenvalue weighted by molar-refractivity contribution is 7.20. The third kappa shape index (κ3) is 3.03. The second-order valence-electron chi connectivity index (χ2n) is 5.21. The van der Waals surface area contributed by atoms with Crippen LogP contribution in [0.15, 0.2) is 28.4 Å². The number of likely N-dealkylation sites (N-methyl/N-ethyl adjacent to an activating group) is 1. The van der Waals surface area contributed by atoms with Crippen molar-refractivity contribution in [2.45, 2.75) is 13.0 Å². The van der Waals surface area contributed by atoms with Crippen LogP contribution in [0.3, 0.4) is 0 Å². The van der Waals surface area contributed by atoms with Crippen LogP contribution in [0.2, 0.25) is 0 Å². The summed E-state index contributed by atoms with van der Waals surface area (Å²) in [6.07, 6.45) is 0.